The first-order chi connectivity index (χ1) is 9.82. The Labute approximate surface area is 120 Å². The van der Waals surface area contributed by atoms with Crippen LogP contribution < -0.4 is 5.32 Å². The van der Waals surface area contributed by atoms with Crippen LogP contribution in [0.1, 0.15) is 24.4 Å². The highest BCUT2D eigenvalue weighted by Gasteiger charge is 2.55. The lowest BCUT2D eigenvalue weighted by Crippen LogP contribution is -2.61. The van der Waals surface area contributed by atoms with Crippen molar-refractivity contribution in [2.45, 2.75) is 31.5 Å². The highest BCUT2D eigenvalue weighted by Crippen LogP contribution is 2.38. The van der Waals surface area contributed by atoms with Crippen LogP contribution in [0.2, 0.25) is 0 Å². The van der Waals surface area contributed by atoms with Gasteiger partial charge in [-0.3, -0.25) is 4.79 Å². The van der Waals surface area contributed by atoms with E-state index in [2.05, 4.69) is 5.32 Å². The van der Waals surface area contributed by atoms with E-state index >= 15 is 0 Å². The lowest BCUT2D eigenvalue weighted by molar-refractivity contribution is -0.216. The average molecular weight is 303 g/mol. The summed E-state index contributed by atoms with van der Waals surface area (Å²) >= 11 is 0. The molecule has 0 unspecified atom stereocenters. The molecule has 2 rings (SSSR count). The molecule has 0 spiro atoms. The monoisotopic (exact) mass is 303 g/mol. The fourth-order valence-electron chi connectivity index (χ4n) is 2.18. The molecule has 1 saturated heterocycles. The quantitative estimate of drug-likeness (QED) is 0.874. The molecule has 1 aliphatic rings. The molecule has 1 aliphatic heterocycles. The van der Waals surface area contributed by atoms with Gasteiger partial charge in [0.15, 0.2) is 0 Å². The van der Waals surface area contributed by atoms with Crippen LogP contribution in [0.4, 0.5) is 13.2 Å². The van der Waals surface area contributed by atoms with Gasteiger partial charge in [-0.15, -0.1) is 0 Å². The molecule has 0 saturated carbocycles. The molecule has 0 atom stereocenters. The third-order valence-corrected chi connectivity index (χ3v) is 3.41. The molecule has 21 heavy (non-hydrogen) atoms. The Hall–Kier alpha value is -1.76. The minimum atomic E-state index is -4.51. The van der Waals surface area contributed by atoms with Crippen LogP contribution >= 0.6 is 0 Å². The van der Waals surface area contributed by atoms with E-state index in [-0.39, 0.29) is 26.1 Å². The predicted octanol–water partition coefficient (Wildman–Crippen LogP) is 2.83. The molecule has 1 N–H and O–H groups in total. The Kier molecular flexibility index (Phi) is 4.41. The minimum absolute atomic E-state index is 0.0269. The summed E-state index contributed by atoms with van der Waals surface area (Å²) < 4.78 is 49.8. The Bertz CT molecular complexity index is 528. The van der Waals surface area contributed by atoms with Crippen LogP contribution in [0.25, 0.3) is 6.08 Å². The van der Waals surface area contributed by atoms with Gasteiger partial charge in [0.2, 0.25) is 5.91 Å². The fourth-order valence-corrected chi connectivity index (χ4v) is 2.18. The van der Waals surface area contributed by atoms with E-state index in [0.29, 0.717) is 11.5 Å². The maximum atomic E-state index is 13.2. The van der Waals surface area contributed by atoms with Crippen LogP contribution in [-0.2, 0) is 9.53 Å². The molecule has 0 aliphatic carbocycles. The van der Waals surface area contributed by atoms with E-state index in [1.54, 1.807) is 19.1 Å². The summed E-state index contributed by atoms with van der Waals surface area (Å²) in [4.78, 5) is 11.8. The number of furan rings is 1. The van der Waals surface area contributed by atoms with E-state index in [1.165, 1.54) is 6.08 Å². The normalized spacial score (nSPS) is 18.9. The summed E-state index contributed by atoms with van der Waals surface area (Å²) in [6.07, 6.45) is -2.69. The van der Waals surface area contributed by atoms with Crippen molar-refractivity contribution in [2.24, 2.45) is 0 Å². The predicted molar refractivity (Wildman–Crippen MR) is 69.5 cm³/mol. The standard InChI is InChI=1S/C14H16F3NO3/c1-10-2-3-11(21-10)4-5-12(19)18-13(14(15,16)17)6-8-20-9-7-13/h2-5H,6-9H2,1H3,(H,18,19). The van der Waals surface area contributed by atoms with Gasteiger partial charge in [-0.05, 0) is 25.1 Å². The molecule has 1 fully saturated rings. The number of halogens is 3. The number of aryl methyl sites for hydroxylation is 1. The molecule has 0 bridgehead atoms. The van der Waals surface area contributed by atoms with Gasteiger partial charge in [-0.25, -0.2) is 0 Å². The van der Waals surface area contributed by atoms with Gasteiger partial charge in [0, 0.05) is 32.1 Å². The first-order valence-corrected chi connectivity index (χ1v) is 6.54. The molecule has 0 aromatic carbocycles. The van der Waals surface area contributed by atoms with Crippen LogP contribution in [0, 0.1) is 6.92 Å². The maximum absolute atomic E-state index is 13.2. The number of hydrogen-bond acceptors (Lipinski definition) is 3. The Morgan fingerprint density at radius 1 is 1.33 bits per heavy atom. The summed E-state index contributed by atoms with van der Waals surface area (Å²) in [5.41, 5.74) is -2.22. The van der Waals surface area contributed by atoms with Crippen LogP contribution in [0.5, 0.6) is 0 Å². The molecule has 0 radical (unpaired) electrons. The van der Waals surface area contributed by atoms with Crippen molar-refractivity contribution in [3.8, 4) is 0 Å². The van der Waals surface area contributed by atoms with Crippen LogP contribution in [0.15, 0.2) is 22.6 Å². The van der Waals surface area contributed by atoms with E-state index in [1.807, 2.05) is 0 Å². The zero-order valence-electron chi connectivity index (χ0n) is 11.5. The number of rotatable bonds is 3. The highest BCUT2D eigenvalue weighted by molar-refractivity contribution is 5.92. The van der Waals surface area contributed by atoms with E-state index in [4.69, 9.17) is 9.15 Å². The molecule has 116 valence electrons. The second-order valence-electron chi connectivity index (χ2n) is 4.96. The van der Waals surface area contributed by atoms with Crippen molar-refractivity contribution < 1.29 is 27.1 Å². The largest absolute Gasteiger partial charge is 0.462 e. The molecule has 1 aromatic heterocycles. The number of nitrogens with one attached hydrogen (secondary N) is 1. The van der Waals surface area contributed by atoms with Gasteiger partial charge in [-0.1, -0.05) is 0 Å². The number of carbonyl (C=O) groups is 1. The number of hydrogen-bond donors (Lipinski definition) is 1. The molecular formula is C14H16F3NO3. The minimum Gasteiger partial charge on any atom is -0.462 e. The molecule has 1 aromatic rings. The van der Waals surface area contributed by atoms with Gasteiger partial charge in [0.05, 0.1) is 0 Å². The van der Waals surface area contributed by atoms with E-state index in [0.717, 1.165) is 6.08 Å². The van der Waals surface area contributed by atoms with Crippen LogP contribution in [0.3, 0.4) is 0 Å². The number of alkyl halides is 3. The first kappa shape index (κ1) is 15.6. The average Bonchev–Trinajstić information content (AvgIpc) is 2.82. The van der Waals surface area contributed by atoms with Crippen molar-refractivity contribution >= 4 is 12.0 Å². The van der Waals surface area contributed by atoms with Crippen molar-refractivity contribution in [3.05, 3.63) is 29.7 Å². The Balaban J connectivity index is 2.06. The van der Waals surface area contributed by atoms with Gasteiger partial charge in [0.1, 0.15) is 17.1 Å². The SMILES string of the molecule is Cc1ccc(C=CC(=O)NC2(C(F)(F)F)CCOCC2)o1. The van der Waals surface area contributed by atoms with Crippen molar-refractivity contribution in [1.82, 2.24) is 5.32 Å². The second kappa shape index (κ2) is 5.93. The summed E-state index contributed by atoms with van der Waals surface area (Å²) in [6.45, 7) is 1.68. The van der Waals surface area contributed by atoms with Gasteiger partial charge >= 0.3 is 6.18 Å². The van der Waals surface area contributed by atoms with Gasteiger partial charge in [0.25, 0.3) is 0 Å². The number of carbonyl (C=O) groups excluding carboxylic acids is 1. The zero-order chi connectivity index (χ0) is 15.5. The second-order valence-corrected chi connectivity index (χ2v) is 4.96. The highest BCUT2D eigenvalue weighted by atomic mass is 19.4. The van der Waals surface area contributed by atoms with Gasteiger partial charge < -0.3 is 14.5 Å². The van der Waals surface area contributed by atoms with Crippen LogP contribution in [-0.4, -0.2) is 30.8 Å². The van der Waals surface area contributed by atoms with Crippen molar-refractivity contribution in [2.75, 3.05) is 13.2 Å². The fraction of sp³-hybridized carbons (Fsp3) is 0.500. The molecule has 7 heteroatoms. The summed E-state index contributed by atoms with van der Waals surface area (Å²) in [7, 11) is 0. The Morgan fingerprint density at radius 3 is 2.52 bits per heavy atom. The molecule has 4 nitrogen and oxygen atoms in total. The summed E-state index contributed by atoms with van der Waals surface area (Å²) in [5.74, 6) is 0.269. The lowest BCUT2D eigenvalue weighted by Gasteiger charge is -2.39. The number of ether oxygens (including phenoxy) is 1. The summed E-state index contributed by atoms with van der Waals surface area (Å²) in [5, 5.41) is 2.08. The van der Waals surface area contributed by atoms with E-state index < -0.39 is 17.6 Å². The zero-order valence-corrected chi connectivity index (χ0v) is 11.5. The van der Waals surface area contributed by atoms with Crippen molar-refractivity contribution in [3.63, 3.8) is 0 Å². The third kappa shape index (κ3) is 3.66. The maximum Gasteiger partial charge on any atom is 0.411 e. The van der Waals surface area contributed by atoms with Crippen molar-refractivity contribution in [1.29, 1.82) is 0 Å². The Morgan fingerprint density at radius 2 is 2.00 bits per heavy atom. The van der Waals surface area contributed by atoms with Gasteiger partial charge in [-0.2, -0.15) is 13.2 Å². The molecular weight excluding hydrogens is 287 g/mol. The topological polar surface area (TPSA) is 51.5 Å². The molecule has 2 heterocycles. The number of amides is 1. The smallest absolute Gasteiger partial charge is 0.411 e. The lowest BCUT2D eigenvalue weighted by atomic mass is 9.89. The first-order valence-electron chi connectivity index (χ1n) is 6.54. The summed E-state index contributed by atoms with van der Waals surface area (Å²) in [6, 6.07) is 3.33. The van der Waals surface area contributed by atoms with E-state index in [9.17, 15) is 18.0 Å². The third-order valence-electron chi connectivity index (χ3n) is 3.41. The molecule has 1 amide bonds.